The first-order valence-corrected chi connectivity index (χ1v) is 7.79. The maximum atomic E-state index is 5.30. The zero-order valence-corrected chi connectivity index (χ0v) is 16.4. The van der Waals surface area contributed by atoms with Gasteiger partial charge >= 0.3 is 0 Å². The number of rotatable bonds is 6. The summed E-state index contributed by atoms with van der Waals surface area (Å²) in [5.74, 6) is 1.69. The van der Waals surface area contributed by atoms with E-state index in [0.29, 0.717) is 6.54 Å². The fourth-order valence-corrected chi connectivity index (χ4v) is 2.44. The first-order valence-electron chi connectivity index (χ1n) is 7.79. The van der Waals surface area contributed by atoms with Gasteiger partial charge in [0.05, 0.1) is 6.26 Å². The van der Waals surface area contributed by atoms with Gasteiger partial charge in [0, 0.05) is 13.1 Å². The molecule has 0 atom stereocenters. The number of nitrogens with one attached hydrogen (secondary N) is 2. The SMILES string of the molecule is CCNC(=NCc1ccco1)NCCc1cc(C)cc(C)c1.I. The van der Waals surface area contributed by atoms with Crippen LogP contribution in [0.3, 0.4) is 0 Å². The lowest BCUT2D eigenvalue weighted by Gasteiger charge is -2.11. The highest BCUT2D eigenvalue weighted by atomic mass is 127. The molecule has 2 rings (SSSR count). The summed E-state index contributed by atoms with van der Waals surface area (Å²) in [7, 11) is 0. The molecule has 0 fully saturated rings. The lowest BCUT2D eigenvalue weighted by atomic mass is 10.1. The second-order valence-electron chi connectivity index (χ2n) is 5.45. The first kappa shape index (κ1) is 19.5. The van der Waals surface area contributed by atoms with Gasteiger partial charge < -0.3 is 15.1 Å². The van der Waals surface area contributed by atoms with Crippen LogP contribution in [0.2, 0.25) is 0 Å². The van der Waals surface area contributed by atoms with Gasteiger partial charge in [-0.2, -0.15) is 0 Å². The lowest BCUT2D eigenvalue weighted by Crippen LogP contribution is -2.38. The Morgan fingerprint density at radius 1 is 1.13 bits per heavy atom. The molecule has 4 nitrogen and oxygen atoms in total. The minimum Gasteiger partial charge on any atom is -0.467 e. The quantitative estimate of drug-likeness (QED) is 0.419. The molecule has 1 aromatic carbocycles. The van der Waals surface area contributed by atoms with Gasteiger partial charge in [-0.1, -0.05) is 29.3 Å². The van der Waals surface area contributed by atoms with Crippen molar-refractivity contribution < 1.29 is 4.42 Å². The summed E-state index contributed by atoms with van der Waals surface area (Å²) in [6, 6.07) is 10.5. The molecular weight excluding hydrogens is 401 g/mol. The number of benzene rings is 1. The Bertz CT molecular complexity index is 588. The van der Waals surface area contributed by atoms with Gasteiger partial charge in [-0.05, 0) is 44.9 Å². The van der Waals surface area contributed by atoms with E-state index in [2.05, 4.69) is 54.6 Å². The number of aliphatic imine (C=N–C) groups is 1. The van der Waals surface area contributed by atoms with Crippen LogP contribution in [0.5, 0.6) is 0 Å². The third kappa shape index (κ3) is 7.07. The van der Waals surface area contributed by atoms with E-state index in [4.69, 9.17) is 4.42 Å². The summed E-state index contributed by atoms with van der Waals surface area (Å²) in [6.45, 7) is 8.58. The standard InChI is InChI=1S/C18H25N3O.HI/c1-4-19-18(21-13-17-6-5-9-22-17)20-8-7-16-11-14(2)10-15(3)12-16;/h5-6,9-12H,4,7-8,13H2,1-3H3,(H2,19,20,21);1H. The van der Waals surface area contributed by atoms with Gasteiger partial charge in [0.15, 0.2) is 5.96 Å². The van der Waals surface area contributed by atoms with Crippen molar-refractivity contribution in [2.75, 3.05) is 13.1 Å². The van der Waals surface area contributed by atoms with Crippen molar-refractivity contribution in [3.8, 4) is 0 Å². The summed E-state index contributed by atoms with van der Waals surface area (Å²) >= 11 is 0. The average molecular weight is 427 g/mol. The zero-order chi connectivity index (χ0) is 15.8. The Labute approximate surface area is 155 Å². The Morgan fingerprint density at radius 2 is 1.87 bits per heavy atom. The number of halogens is 1. The average Bonchev–Trinajstić information content (AvgIpc) is 2.97. The van der Waals surface area contributed by atoms with Crippen molar-refractivity contribution in [2.45, 2.75) is 33.7 Å². The third-order valence-electron chi connectivity index (χ3n) is 3.30. The van der Waals surface area contributed by atoms with Crippen molar-refractivity contribution in [1.29, 1.82) is 0 Å². The van der Waals surface area contributed by atoms with Crippen LogP contribution in [0.15, 0.2) is 46.0 Å². The molecule has 23 heavy (non-hydrogen) atoms. The second kappa shape index (κ2) is 10.3. The van der Waals surface area contributed by atoms with Crippen molar-refractivity contribution in [2.24, 2.45) is 4.99 Å². The van der Waals surface area contributed by atoms with Crippen LogP contribution < -0.4 is 10.6 Å². The van der Waals surface area contributed by atoms with Crippen molar-refractivity contribution in [3.05, 3.63) is 59.0 Å². The molecule has 0 saturated heterocycles. The summed E-state index contributed by atoms with van der Waals surface area (Å²) in [4.78, 5) is 4.52. The highest BCUT2D eigenvalue weighted by Gasteiger charge is 2.00. The van der Waals surface area contributed by atoms with Crippen LogP contribution in [-0.4, -0.2) is 19.0 Å². The van der Waals surface area contributed by atoms with Gasteiger partial charge in [0.2, 0.25) is 0 Å². The van der Waals surface area contributed by atoms with E-state index >= 15 is 0 Å². The first-order chi connectivity index (χ1) is 10.7. The second-order valence-corrected chi connectivity index (χ2v) is 5.45. The Kier molecular flexibility index (Phi) is 8.76. The van der Waals surface area contributed by atoms with Crippen molar-refractivity contribution in [1.82, 2.24) is 10.6 Å². The van der Waals surface area contributed by atoms with Gasteiger partial charge in [0.1, 0.15) is 12.3 Å². The van der Waals surface area contributed by atoms with Gasteiger partial charge in [-0.3, -0.25) is 0 Å². The number of aryl methyl sites for hydroxylation is 2. The van der Waals surface area contributed by atoms with E-state index in [1.54, 1.807) is 6.26 Å². The molecule has 0 aliphatic rings. The van der Waals surface area contributed by atoms with Crippen LogP contribution in [0, 0.1) is 13.8 Å². The maximum Gasteiger partial charge on any atom is 0.191 e. The third-order valence-corrected chi connectivity index (χ3v) is 3.30. The highest BCUT2D eigenvalue weighted by Crippen LogP contribution is 2.09. The maximum absolute atomic E-state index is 5.30. The molecule has 2 N–H and O–H groups in total. The number of nitrogens with zero attached hydrogens (tertiary/aromatic N) is 1. The molecule has 2 aromatic rings. The molecule has 5 heteroatoms. The van der Waals surface area contributed by atoms with Crippen molar-refractivity contribution >= 4 is 29.9 Å². The number of guanidine groups is 1. The number of hydrogen-bond acceptors (Lipinski definition) is 2. The molecule has 0 aliphatic heterocycles. The Hall–Kier alpha value is -1.50. The van der Waals surface area contributed by atoms with Crippen molar-refractivity contribution in [3.63, 3.8) is 0 Å². The summed E-state index contributed by atoms with van der Waals surface area (Å²) in [5.41, 5.74) is 3.98. The monoisotopic (exact) mass is 427 g/mol. The van der Waals surface area contributed by atoms with Gasteiger partial charge in [-0.15, -0.1) is 24.0 Å². The summed E-state index contributed by atoms with van der Waals surface area (Å²) in [5, 5.41) is 6.62. The van der Waals surface area contributed by atoms with Crippen LogP contribution in [0.25, 0.3) is 0 Å². The van der Waals surface area contributed by atoms with E-state index in [0.717, 1.165) is 31.2 Å². The fraction of sp³-hybridized carbons (Fsp3) is 0.389. The van der Waals surface area contributed by atoms with Gasteiger partial charge in [0.25, 0.3) is 0 Å². The minimum atomic E-state index is 0. The molecule has 0 amide bonds. The number of furan rings is 1. The van der Waals surface area contributed by atoms with E-state index in [-0.39, 0.29) is 24.0 Å². The molecular formula is C18H26IN3O. The van der Waals surface area contributed by atoms with Crippen LogP contribution in [-0.2, 0) is 13.0 Å². The Balaban J connectivity index is 0.00000264. The van der Waals surface area contributed by atoms with Crippen LogP contribution >= 0.6 is 24.0 Å². The smallest absolute Gasteiger partial charge is 0.191 e. The summed E-state index contributed by atoms with van der Waals surface area (Å²) in [6.07, 6.45) is 2.65. The molecule has 0 unspecified atom stereocenters. The molecule has 1 heterocycles. The molecule has 126 valence electrons. The normalized spacial score (nSPS) is 11.0. The molecule has 0 aliphatic carbocycles. The van der Waals surface area contributed by atoms with Gasteiger partial charge in [-0.25, -0.2) is 4.99 Å². The largest absolute Gasteiger partial charge is 0.467 e. The number of hydrogen-bond donors (Lipinski definition) is 2. The lowest BCUT2D eigenvalue weighted by molar-refractivity contribution is 0.512. The molecule has 0 bridgehead atoms. The van der Waals surface area contributed by atoms with E-state index in [1.165, 1.54) is 16.7 Å². The minimum absolute atomic E-state index is 0. The van der Waals surface area contributed by atoms with E-state index < -0.39 is 0 Å². The molecule has 0 spiro atoms. The van der Waals surface area contributed by atoms with E-state index in [9.17, 15) is 0 Å². The van der Waals surface area contributed by atoms with E-state index in [1.807, 2.05) is 12.1 Å². The predicted molar refractivity (Wildman–Crippen MR) is 107 cm³/mol. The predicted octanol–water partition coefficient (Wildman–Crippen LogP) is 3.81. The molecule has 0 saturated carbocycles. The molecule has 0 radical (unpaired) electrons. The Morgan fingerprint density at radius 3 is 2.48 bits per heavy atom. The van der Waals surface area contributed by atoms with Crippen LogP contribution in [0.1, 0.15) is 29.4 Å². The molecule has 1 aromatic heterocycles. The summed E-state index contributed by atoms with van der Waals surface area (Å²) < 4.78 is 5.30. The zero-order valence-electron chi connectivity index (χ0n) is 14.1. The topological polar surface area (TPSA) is 49.6 Å². The fourth-order valence-electron chi connectivity index (χ4n) is 2.44. The van der Waals surface area contributed by atoms with Crippen LogP contribution in [0.4, 0.5) is 0 Å². The highest BCUT2D eigenvalue weighted by molar-refractivity contribution is 14.0.